The monoisotopic (exact) mass is 271 g/mol. The molecule has 1 aromatic rings. The zero-order valence-corrected chi connectivity index (χ0v) is 12.0. The van der Waals surface area contributed by atoms with Crippen LogP contribution in [0.15, 0.2) is 23.4 Å². The minimum absolute atomic E-state index is 0.0459. The van der Waals surface area contributed by atoms with Crippen molar-refractivity contribution < 1.29 is 8.42 Å². The van der Waals surface area contributed by atoms with Gasteiger partial charge in [0.15, 0.2) is 5.03 Å². The van der Waals surface area contributed by atoms with Crippen molar-refractivity contribution in [2.24, 2.45) is 5.92 Å². The van der Waals surface area contributed by atoms with Crippen molar-refractivity contribution in [2.45, 2.75) is 38.6 Å². The van der Waals surface area contributed by atoms with Gasteiger partial charge in [-0.25, -0.2) is 8.42 Å². The molecular formula is C12H21N3O2S. The highest BCUT2D eigenvalue weighted by molar-refractivity contribution is 7.89. The predicted octanol–water partition coefficient (Wildman–Crippen LogP) is 1.92. The first kappa shape index (κ1) is 15.0. The van der Waals surface area contributed by atoms with E-state index in [1.165, 1.54) is 16.6 Å². The van der Waals surface area contributed by atoms with E-state index in [0.29, 0.717) is 19.0 Å². The summed E-state index contributed by atoms with van der Waals surface area (Å²) < 4.78 is 25.7. The van der Waals surface area contributed by atoms with Crippen LogP contribution in [-0.2, 0) is 10.0 Å². The minimum atomic E-state index is -3.43. The van der Waals surface area contributed by atoms with Crippen LogP contribution < -0.4 is 0 Å². The summed E-state index contributed by atoms with van der Waals surface area (Å²) in [5, 5.41) is 7.32. The molecule has 1 saturated heterocycles. The Morgan fingerprint density at radius 3 is 2.39 bits per heavy atom. The summed E-state index contributed by atoms with van der Waals surface area (Å²) >= 11 is 0. The lowest BCUT2D eigenvalue weighted by molar-refractivity contribution is 0.287. The molecular weight excluding hydrogens is 250 g/mol. The Labute approximate surface area is 109 Å². The Morgan fingerprint density at radius 1 is 1.28 bits per heavy atom. The van der Waals surface area contributed by atoms with E-state index in [4.69, 9.17) is 0 Å². The first-order valence-corrected chi connectivity index (χ1v) is 7.82. The van der Waals surface area contributed by atoms with Gasteiger partial charge in [-0.1, -0.05) is 20.8 Å². The molecule has 1 aromatic heterocycles. The molecule has 0 bridgehead atoms. The zero-order valence-electron chi connectivity index (χ0n) is 11.2. The van der Waals surface area contributed by atoms with Gasteiger partial charge in [0, 0.05) is 19.3 Å². The largest absolute Gasteiger partial charge is 0.262 e. The van der Waals surface area contributed by atoms with Crippen molar-refractivity contribution in [1.29, 1.82) is 0 Å². The van der Waals surface area contributed by atoms with Gasteiger partial charge in [-0.3, -0.25) is 0 Å². The second-order valence-electron chi connectivity index (χ2n) is 4.15. The van der Waals surface area contributed by atoms with E-state index >= 15 is 0 Å². The van der Waals surface area contributed by atoms with Gasteiger partial charge in [0.2, 0.25) is 0 Å². The summed E-state index contributed by atoms with van der Waals surface area (Å²) in [4.78, 5) is 0. The molecule has 0 aliphatic carbocycles. The normalized spacial score (nSPS) is 17.9. The van der Waals surface area contributed by atoms with Crippen molar-refractivity contribution in [1.82, 2.24) is 14.5 Å². The molecule has 0 unspecified atom stereocenters. The Balaban J connectivity index is 0.000000771. The molecule has 0 spiro atoms. The highest BCUT2D eigenvalue weighted by Crippen LogP contribution is 2.21. The van der Waals surface area contributed by atoms with Gasteiger partial charge < -0.3 is 0 Å². The van der Waals surface area contributed by atoms with Crippen molar-refractivity contribution in [3.05, 3.63) is 18.3 Å². The van der Waals surface area contributed by atoms with Crippen LogP contribution in [0.5, 0.6) is 0 Å². The van der Waals surface area contributed by atoms with Crippen LogP contribution in [0, 0.1) is 5.92 Å². The molecule has 0 aromatic carbocycles. The second kappa shape index (κ2) is 6.80. The van der Waals surface area contributed by atoms with Gasteiger partial charge in [0.1, 0.15) is 0 Å². The number of nitrogens with zero attached hydrogens (tertiary/aromatic N) is 3. The Kier molecular flexibility index (Phi) is 5.68. The molecule has 0 N–H and O–H groups in total. The number of hydrogen-bond donors (Lipinski definition) is 0. The quantitative estimate of drug-likeness (QED) is 0.824. The summed E-state index contributed by atoms with van der Waals surface area (Å²) in [6.45, 7) is 7.31. The Bertz CT molecular complexity index is 440. The summed E-state index contributed by atoms with van der Waals surface area (Å²) in [5.41, 5.74) is 0. The maximum Gasteiger partial charge on any atom is 0.262 e. The molecule has 6 heteroatoms. The third kappa shape index (κ3) is 3.49. The van der Waals surface area contributed by atoms with Crippen molar-refractivity contribution in [3.63, 3.8) is 0 Å². The van der Waals surface area contributed by atoms with Crippen molar-refractivity contribution in [2.75, 3.05) is 13.1 Å². The average molecular weight is 271 g/mol. The van der Waals surface area contributed by atoms with Crippen LogP contribution in [0.4, 0.5) is 0 Å². The smallest absolute Gasteiger partial charge is 0.205 e. The molecule has 0 saturated carbocycles. The van der Waals surface area contributed by atoms with Crippen molar-refractivity contribution in [3.8, 4) is 0 Å². The maximum absolute atomic E-state index is 12.1. The fourth-order valence-corrected chi connectivity index (χ4v) is 3.14. The van der Waals surface area contributed by atoms with Crippen molar-refractivity contribution >= 4 is 10.0 Å². The molecule has 0 amide bonds. The van der Waals surface area contributed by atoms with Gasteiger partial charge in [-0.2, -0.15) is 9.40 Å². The minimum Gasteiger partial charge on any atom is -0.205 e. The number of sulfonamides is 1. The fraction of sp³-hybridized carbons (Fsp3) is 0.667. The van der Waals surface area contributed by atoms with Crippen LogP contribution in [0.2, 0.25) is 0 Å². The van der Waals surface area contributed by atoms with Crippen LogP contribution in [0.3, 0.4) is 0 Å². The highest BCUT2D eigenvalue weighted by atomic mass is 32.2. The van der Waals surface area contributed by atoms with Gasteiger partial charge in [0.05, 0.1) is 0 Å². The van der Waals surface area contributed by atoms with Crippen LogP contribution in [0.1, 0.15) is 33.6 Å². The summed E-state index contributed by atoms with van der Waals surface area (Å²) in [6, 6.07) is 3.08. The molecule has 5 nitrogen and oxygen atoms in total. The first-order valence-electron chi connectivity index (χ1n) is 6.38. The molecule has 0 atom stereocenters. The van der Waals surface area contributed by atoms with E-state index in [9.17, 15) is 8.42 Å². The fourth-order valence-electron chi connectivity index (χ4n) is 1.78. The van der Waals surface area contributed by atoms with E-state index in [-0.39, 0.29) is 5.03 Å². The lowest BCUT2D eigenvalue weighted by Gasteiger charge is -2.28. The number of aromatic nitrogens is 2. The predicted molar refractivity (Wildman–Crippen MR) is 70.5 cm³/mol. The zero-order chi connectivity index (χ0) is 13.6. The van der Waals surface area contributed by atoms with Crippen LogP contribution in [0.25, 0.3) is 0 Å². The maximum atomic E-state index is 12.1. The number of hydrogen-bond acceptors (Lipinski definition) is 4. The Hall–Kier alpha value is -1.01. The topological polar surface area (TPSA) is 63.2 Å². The third-order valence-electron chi connectivity index (χ3n) is 2.89. The summed E-state index contributed by atoms with van der Waals surface area (Å²) in [7, 11) is -3.43. The van der Waals surface area contributed by atoms with E-state index in [0.717, 1.165) is 12.8 Å². The Morgan fingerprint density at radius 2 is 1.89 bits per heavy atom. The van der Waals surface area contributed by atoms with Crippen LogP contribution >= 0.6 is 0 Å². The molecule has 18 heavy (non-hydrogen) atoms. The van der Waals surface area contributed by atoms with E-state index in [1.807, 2.05) is 13.8 Å². The number of rotatable bonds is 2. The summed E-state index contributed by atoms with van der Waals surface area (Å²) in [6.07, 6.45) is 3.30. The lowest BCUT2D eigenvalue weighted by Crippen LogP contribution is -2.38. The lowest BCUT2D eigenvalue weighted by atomic mass is 10.0. The standard InChI is InChI=1S/C10H15N3O2S.C2H6/c1-9-4-7-13(8-5-9)16(14,15)10-3-2-6-11-12-10;1-2/h2-3,6,9H,4-5,7-8H2,1H3;1-2H3. The summed E-state index contributed by atoms with van der Waals surface area (Å²) in [5.74, 6) is 0.605. The first-order chi connectivity index (χ1) is 8.60. The van der Waals surface area contributed by atoms with Gasteiger partial charge in [0.25, 0.3) is 10.0 Å². The van der Waals surface area contributed by atoms with Crippen LogP contribution in [-0.4, -0.2) is 36.0 Å². The molecule has 2 heterocycles. The number of piperidine rings is 1. The molecule has 102 valence electrons. The SMILES string of the molecule is CC.CC1CCN(S(=O)(=O)c2cccnn2)CC1. The molecule has 1 aliphatic rings. The highest BCUT2D eigenvalue weighted by Gasteiger charge is 2.28. The van der Waals surface area contributed by atoms with E-state index in [1.54, 1.807) is 6.07 Å². The van der Waals surface area contributed by atoms with E-state index < -0.39 is 10.0 Å². The van der Waals surface area contributed by atoms with Gasteiger partial charge in [-0.15, -0.1) is 5.10 Å². The molecule has 1 fully saturated rings. The molecule has 0 radical (unpaired) electrons. The van der Waals surface area contributed by atoms with Gasteiger partial charge >= 0.3 is 0 Å². The third-order valence-corrected chi connectivity index (χ3v) is 4.69. The average Bonchev–Trinajstić information content (AvgIpc) is 2.42. The van der Waals surface area contributed by atoms with Gasteiger partial charge in [-0.05, 0) is 30.9 Å². The van der Waals surface area contributed by atoms with E-state index in [2.05, 4.69) is 17.1 Å². The molecule has 1 aliphatic heterocycles. The second-order valence-corrected chi connectivity index (χ2v) is 6.03. The molecule has 2 rings (SSSR count).